The number of hydrogen-bond donors (Lipinski definition) is 1. The normalized spacial score (nSPS) is 17.0. The molecule has 1 N–H and O–H groups in total. The van der Waals surface area contributed by atoms with Crippen molar-refractivity contribution in [2.45, 2.75) is 25.3 Å². The number of carbonyl (C=O) groups is 1. The van der Waals surface area contributed by atoms with E-state index >= 15 is 0 Å². The van der Waals surface area contributed by atoms with E-state index in [-0.39, 0.29) is 16.6 Å². The van der Waals surface area contributed by atoms with Gasteiger partial charge in [-0.05, 0) is 42.5 Å². The van der Waals surface area contributed by atoms with Crippen LogP contribution in [0.4, 0.5) is 8.78 Å². The zero-order valence-electron chi connectivity index (χ0n) is 11.7. The molecule has 3 rings (SSSR count). The number of fused-ring (bicyclic) bond motifs is 1. The van der Waals surface area contributed by atoms with Gasteiger partial charge in [-0.3, -0.25) is 4.79 Å². The molecule has 2 aromatic rings. The smallest absolute Gasteiger partial charge is 0.253 e. The Labute approximate surface area is 132 Å². The van der Waals surface area contributed by atoms with Crippen LogP contribution in [0.2, 0.25) is 5.02 Å². The van der Waals surface area contributed by atoms with Crippen molar-refractivity contribution >= 4 is 17.5 Å². The van der Waals surface area contributed by atoms with E-state index in [2.05, 4.69) is 5.32 Å². The zero-order chi connectivity index (χ0) is 15.7. The maximum absolute atomic E-state index is 13.3. The molecule has 1 aliphatic rings. The number of aryl methyl sites for hydroxylation is 1. The van der Waals surface area contributed by atoms with E-state index in [1.807, 2.05) is 24.3 Å². The highest BCUT2D eigenvalue weighted by Crippen LogP contribution is 2.30. The first-order chi connectivity index (χ1) is 10.6. The summed E-state index contributed by atoms with van der Waals surface area (Å²) in [7, 11) is 0. The fourth-order valence-electron chi connectivity index (χ4n) is 2.84. The number of rotatable bonds is 2. The van der Waals surface area contributed by atoms with Gasteiger partial charge in [-0.1, -0.05) is 35.9 Å². The minimum atomic E-state index is -1.08. The van der Waals surface area contributed by atoms with Gasteiger partial charge in [0.25, 0.3) is 5.91 Å². The molecule has 22 heavy (non-hydrogen) atoms. The van der Waals surface area contributed by atoms with E-state index in [1.54, 1.807) is 0 Å². The third-order valence-corrected chi connectivity index (χ3v) is 4.24. The van der Waals surface area contributed by atoms with Crippen LogP contribution in [0.5, 0.6) is 0 Å². The maximum atomic E-state index is 13.3. The van der Waals surface area contributed by atoms with Gasteiger partial charge >= 0.3 is 0 Å². The van der Waals surface area contributed by atoms with Crippen LogP contribution < -0.4 is 5.32 Å². The molecule has 0 bridgehead atoms. The van der Waals surface area contributed by atoms with Gasteiger partial charge in [-0.25, -0.2) is 8.78 Å². The predicted molar refractivity (Wildman–Crippen MR) is 81.0 cm³/mol. The van der Waals surface area contributed by atoms with Crippen molar-refractivity contribution in [2.75, 3.05) is 0 Å². The molecule has 0 fully saturated rings. The Bertz CT molecular complexity index is 733. The summed E-state index contributed by atoms with van der Waals surface area (Å²) in [4.78, 5) is 12.3. The molecule has 1 atom stereocenters. The minimum absolute atomic E-state index is 0.0522. The SMILES string of the molecule is O=C(NC1CCCc2ccccc21)c1cc(F)c(F)cc1Cl. The summed E-state index contributed by atoms with van der Waals surface area (Å²) < 4.78 is 26.4. The molecule has 0 spiro atoms. The van der Waals surface area contributed by atoms with Crippen molar-refractivity contribution in [1.82, 2.24) is 5.32 Å². The van der Waals surface area contributed by atoms with Gasteiger partial charge in [0.15, 0.2) is 11.6 Å². The van der Waals surface area contributed by atoms with Crippen LogP contribution in [0, 0.1) is 11.6 Å². The Balaban J connectivity index is 1.85. The lowest BCUT2D eigenvalue weighted by atomic mass is 9.87. The Morgan fingerprint density at radius 3 is 2.73 bits per heavy atom. The highest BCUT2D eigenvalue weighted by molar-refractivity contribution is 6.33. The number of nitrogens with one attached hydrogen (secondary N) is 1. The van der Waals surface area contributed by atoms with Crippen molar-refractivity contribution < 1.29 is 13.6 Å². The van der Waals surface area contributed by atoms with E-state index in [0.717, 1.165) is 37.0 Å². The van der Waals surface area contributed by atoms with Crippen molar-refractivity contribution in [3.05, 3.63) is 69.7 Å². The molecule has 0 heterocycles. The maximum Gasteiger partial charge on any atom is 0.253 e. The molecule has 114 valence electrons. The minimum Gasteiger partial charge on any atom is -0.345 e. The Morgan fingerprint density at radius 1 is 1.18 bits per heavy atom. The third kappa shape index (κ3) is 2.83. The Morgan fingerprint density at radius 2 is 1.91 bits per heavy atom. The van der Waals surface area contributed by atoms with E-state index < -0.39 is 17.5 Å². The molecule has 0 saturated carbocycles. The fourth-order valence-corrected chi connectivity index (χ4v) is 3.07. The van der Waals surface area contributed by atoms with Crippen LogP contribution in [-0.4, -0.2) is 5.91 Å². The lowest BCUT2D eigenvalue weighted by Gasteiger charge is -2.26. The van der Waals surface area contributed by atoms with Crippen LogP contribution in [-0.2, 0) is 6.42 Å². The van der Waals surface area contributed by atoms with E-state index in [0.29, 0.717) is 0 Å². The summed E-state index contributed by atoms with van der Waals surface area (Å²) in [6, 6.07) is 9.43. The first-order valence-electron chi connectivity index (χ1n) is 7.09. The molecular weight excluding hydrogens is 308 g/mol. The molecule has 0 aliphatic heterocycles. The van der Waals surface area contributed by atoms with Crippen LogP contribution in [0.3, 0.4) is 0 Å². The quantitative estimate of drug-likeness (QED) is 0.815. The summed E-state index contributed by atoms with van der Waals surface area (Å²) in [5, 5.41) is 2.77. The van der Waals surface area contributed by atoms with E-state index in [9.17, 15) is 13.6 Å². The largest absolute Gasteiger partial charge is 0.345 e. The number of carbonyl (C=O) groups excluding carboxylic acids is 1. The first-order valence-corrected chi connectivity index (χ1v) is 7.47. The lowest BCUT2D eigenvalue weighted by Crippen LogP contribution is -2.31. The zero-order valence-corrected chi connectivity index (χ0v) is 12.5. The van der Waals surface area contributed by atoms with Gasteiger partial charge in [0.05, 0.1) is 16.6 Å². The van der Waals surface area contributed by atoms with Crippen LogP contribution in [0.1, 0.15) is 40.4 Å². The summed E-state index contributed by atoms with van der Waals surface area (Å²) in [5.41, 5.74) is 2.22. The van der Waals surface area contributed by atoms with Gasteiger partial charge in [-0.2, -0.15) is 0 Å². The average Bonchev–Trinajstić information content (AvgIpc) is 2.51. The number of halogens is 3. The van der Waals surface area contributed by atoms with E-state index in [1.165, 1.54) is 5.56 Å². The number of amides is 1. The van der Waals surface area contributed by atoms with Crippen molar-refractivity contribution in [1.29, 1.82) is 0 Å². The van der Waals surface area contributed by atoms with Gasteiger partial charge in [0.1, 0.15) is 0 Å². The second kappa shape index (κ2) is 6.05. The molecule has 2 aromatic carbocycles. The summed E-state index contributed by atoms with van der Waals surface area (Å²) >= 11 is 5.85. The molecule has 0 aromatic heterocycles. The van der Waals surface area contributed by atoms with Crippen molar-refractivity contribution in [2.24, 2.45) is 0 Å². The second-order valence-corrected chi connectivity index (χ2v) is 5.77. The molecule has 1 aliphatic carbocycles. The highest BCUT2D eigenvalue weighted by atomic mass is 35.5. The molecule has 1 unspecified atom stereocenters. The predicted octanol–water partition coefficient (Wildman–Crippen LogP) is 4.43. The Kier molecular flexibility index (Phi) is 4.12. The highest BCUT2D eigenvalue weighted by Gasteiger charge is 2.23. The van der Waals surface area contributed by atoms with Gasteiger partial charge < -0.3 is 5.32 Å². The standard InChI is InChI=1S/C17H14ClF2NO/c18-13-9-15(20)14(19)8-12(13)17(22)21-16-7-3-5-10-4-1-2-6-11(10)16/h1-2,4,6,8-9,16H,3,5,7H2,(H,21,22). The van der Waals surface area contributed by atoms with Gasteiger partial charge in [0.2, 0.25) is 0 Å². The second-order valence-electron chi connectivity index (χ2n) is 5.36. The van der Waals surface area contributed by atoms with Crippen LogP contribution in [0.25, 0.3) is 0 Å². The molecule has 0 radical (unpaired) electrons. The monoisotopic (exact) mass is 321 g/mol. The molecular formula is C17H14ClF2NO. The van der Waals surface area contributed by atoms with Crippen molar-refractivity contribution in [3.8, 4) is 0 Å². The molecule has 1 amide bonds. The summed E-state index contributed by atoms with van der Waals surface area (Å²) in [6.45, 7) is 0. The molecule has 5 heteroatoms. The average molecular weight is 322 g/mol. The van der Waals surface area contributed by atoms with E-state index in [4.69, 9.17) is 11.6 Å². The fraction of sp³-hybridized carbons (Fsp3) is 0.235. The van der Waals surface area contributed by atoms with Gasteiger partial charge in [-0.15, -0.1) is 0 Å². The third-order valence-electron chi connectivity index (χ3n) is 3.93. The number of benzene rings is 2. The molecule has 0 saturated heterocycles. The van der Waals surface area contributed by atoms with Crippen LogP contribution in [0.15, 0.2) is 36.4 Å². The Hall–Kier alpha value is -1.94. The first kappa shape index (κ1) is 15.0. The van der Waals surface area contributed by atoms with Crippen molar-refractivity contribution in [3.63, 3.8) is 0 Å². The summed E-state index contributed by atoms with van der Waals surface area (Å²) in [5.74, 6) is -2.64. The summed E-state index contributed by atoms with van der Waals surface area (Å²) in [6.07, 6.45) is 2.76. The van der Waals surface area contributed by atoms with Gasteiger partial charge in [0, 0.05) is 0 Å². The molecule has 2 nitrogen and oxygen atoms in total. The topological polar surface area (TPSA) is 29.1 Å². The lowest BCUT2D eigenvalue weighted by molar-refractivity contribution is 0.0932. The number of hydrogen-bond acceptors (Lipinski definition) is 1. The van der Waals surface area contributed by atoms with Crippen LogP contribution >= 0.6 is 11.6 Å².